The molecule has 6 heteroatoms. The number of carbonyl (C=O) groups is 2. The number of hydrogen-bond donors (Lipinski definition) is 3. The molecule has 1 heterocycles. The summed E-state index contributed by atoms with van der Waals surface area (Å²) in [5.74, 6) is -1.41. The van der Waals surface area contributed by atoms with Gasteiger partial charge in [-0.25, -0.2) is 4.79 Å². The fraction of sp³-hybridized carbons (Fsp3) is 0.200. The summed E-state index contributed by atoms with van der Waals surface area (Å²) in [5.41, 5.74) is 3.08. The molecule has 0 bridgehead atoms. The van der Waals surface area contributed by atoms with Gasteiger partial charge < -0.3 is 15.4 Å². The van der Waals surface area contributed by atoms with Crippen LogP contribution in [0, 0.1) is 20.8 Å². The summed E-state index contributed by atoms with van der Waals surface area (Å²) in [6.45, 7) is 5.25. The number of nitrogens with one attached hydrogen (secondary N) is 2. The van der Waals surface area contributed by atoms with Crippen LogP contribution in [-0.4, -0.2) is 22.0 Å². The zero-order valence-corrected chi connectivity index (χ0v) is 13.5. The number of aromatic nitrogens is 1. The third-order valence-corrected chi connectivity index (χ3v) is 3.91. The van der Waals surface area contributed by atoms with E-state index in [1.54, 1.807) is 19.9 Å². The molecule has 0 fully saturated rings. The maximum absolute atomic E-state index is 12.4. The highest BCUT2D eigenvalue weighted by Crippen LogP contribution is 2.25. The lowest BCUT2D eigenvalue weighted by Gasteiger charge is -2.08. The Labute approximate surface area is 130 Å². The van der Waals surface area contributed by atoms with Crippen LogP contribution in [0.5, 0.6) is 0 Å². The summed E-state index contributed by atoms with van der Waals surface area (Å²) >= 11 is 3.40. The van der Waals surface area contributed by atoms with Crippen molar-refractivity contribution in [1.29, 1.82) is 0 Å². The van der Waals surface area contributed by atoms with Crippen LogP contribution in [0.4, 0.5) is 5.69 Å². The number of aromatic amines is 1. The van der Waals surface area contributed by atoms with E-state index >= 15 is 0 Å². The van der Waals surface area contributed by atoms with Crippen molar-refractivity contribution in [2.75, 3.05) is 5.32 Å². The lowest BCUT2D eigenvalue weighted by atomic mass is 10.1. The number of carbonyl (C=O) groups excluding carboxylic acids is 1. The van der Waals surface area contributed by atoms with Crippen molar-refractivity contribution in [3.05, 3.63) is 50.8 Å². The molecule has 2 rings (SSSR count). The van der Waals surface area contributed by atoms with E-state index in [0.717, 1.165) is 10.0 Å². The van der Waals surface area contributed by atoms with Gasteiger partial charge in [0.25, 0.3) is 5.91 Å². The van der Waals surface area contributed by atoms with Gasteiger partial charge in [0.1, 0.15) is 5.69 Å². The Morgan fingerprint density at radius 1 is 1.24 bits per heavy atom. The van der Waals surface area contributed by atoms with Crippen LogP contribution in [0.2, 0.25) is 0 Å². The molecule has 21 heavy (non-hydrogen) atoms. The molecule has 5 nitrogen and oxygen atoms in total. The summed E-state index contributed by atoms with van der Waals surface area (Å²) in [6, 6.07) is 5.59. The van der Waals surface area contributed by atoms with E-state index in [0.29, 0.717) is 22.5 Å². The van der Waals surface area contributed by atoms with Crippen molar-refractivity contribution in [3.8, 4) is 0 Å². The van der Waals surface area contributed by atoms with Crippen molar-refractivity contribution in [1.82, 2.24) is 4.98 Å². The van der Waals surface area contributed by atoms with Crippen LogP contribution in [0.3, 0.4) is 0 Å². The lowest BCUT2D eigenvalue weighted by molar-refractivity contribution is 0.0690. The van der Waals surface area contributed by atoms with E-state index in [2.05, 4.69) is 26.2 Å². The van der Waals surface area contributed by atoms with Crippen LogP contribution in [0.1, 0.15) is 37.7 Å². The van der Waals surface area contributed by atoms with E-state index in [1.807, 2.05) is 19.1 Å². The average molecular weight is 351 g/mol. The SMILES string of the molecule is Cc1ccc(NC(=O)c2c(C)[nH]c(C(=O)O)c2C)c(Br)c1. The second-order valence-electron chi connectivity index (χ2n) is 4.87. The first-order valence-electron chi connectivity index (χ1n) is 6.31. The maximum Gasteiger partial charge on any atom is 0.352 e. The molecular weight excluding hydrogens is 336 g/mol. The third kappa shape index (κ3) is 3.00. The van der Waals surface area contributed by atoms with Gasteiger partial charge in [0, 0.05) is 10.2 Å². The highest BCUT2D eigenvalue weighted by Gasteiger charge is 2.21. The first kappa shape index (κ1) is 15.3. The molecule has 0 spiro atoms. The van der Waals surface area contributed by atoms with Gasteiger partial charge in [-0.2, -0.15) is 0 Å². The minimum absolute atomic E-state index is 0.0422. The quantitative estimate of drug-likeness (QED) is 0.789. The molecular formula is C15H15BrN2O3. The molecule has 1 aromatic carbocycles. The lowest BCUT2D eigenvalue weighted by Crippen LogP contribution is -2.14. The molecule has 2 aromatic rings. The minimum atomic E-state index is -1.08. The van der Waals surface area contributed by atoms with Crippen LogP contribution in [0.15, 0.2) is 22.7 Å². The summed E-state index contributed by atoms with van der Waals surface area (Å²) in [6.07, 6.45) is 0. The van der Waals surface area contributed by atoms with E-state index in [1.165, 1.54) is 0 Å². The zero-order chi connectivity index (χ0) is 15.7. The van der Waals surface area contributed by atoms with Gasteiger partial charge >= 0.3 is 5.97 Å². The number of H-pyrrole nitrogens is 1. The Morgan fingerprint density at radius 3 is 2.43 bits per heavy atom. The number of hydrogen-bond acceptors (Lipinski definition) is 2. The number of aryl methyl sites for hydroxylation is 2. The Hall–Kier alpha value is -2.08. The largest absolute Gasteiger partial charge is 0.477 e. The standard InChI is InChI=1S/C15H15BrN2O3/c1-7-4-5-11(10(16)6-7)18-14(19)12-8(2)13(15(20)21)17-9(12)3/h4-6,17H,1-3H3,(H,18,19)(H,20,21). The second-order valence-corrected chi connectivity index (χ2v) is 5.72. The van der Waals surface area contributed by atoms with Crippen molar-refractivity contribution in [2.24, 2.45) is 0 Å². The van der Waals surface area contributed by atoms with E-state index in [-0.39, 0.29) is 11.6 Å². The number of carboxylic acid groups (broad SMARTS) is 1. The van der Waals surface area contributed by atoms with Gasteiger partial charge in [0.2, 0.25) is 0 Å². The number of aromatic carboxylic acids is 1. The summed E-state index contributed by atoms with van der Waals surface area (Å²) < 4.78 is 0.778. The van der Waals surface area contributed by atoms with Crippen LogP contribution < -0.4 is 5.32 Å². The molecule has 110 valence electrons. The molecule has 0 saturated heterocycles. The monoisotopic (exact) mass is 350 g/mol. The van der Waals surface area contributed by atoms with Crippen LogP contribution in [-0.2, 0) is 0 Å². The highest BCUT2D eigenvalue weighted by atomic mass is 79.9. The predicted octanol–water partition coefficient (Wildman–Crippen LogP) is 3.65. The van der Waals surface area contributed by atoms with Gasteiger partial charge in [-0.1, -0.05) is 6.07 Å². The number of amides is 1. The fourth-order valence-corrected chi connectivity index (χ4v) is 2.80. The average Bonchev–Trinajstić information content (AvgIpc) is 2.68. The predicted molar refractivity (Wildman–Crippen MR) is 84.1 cm³/mol. The summed E-state index contributed by atoms with van der Waals surface area (Å²) in [4.78, 5) is 26.2. The first-order chi connectivity index (χ1) is 9.81. The number of anilines is 1. The maximum atomic E-state index is 12.4. The van der Waals surface area contributed by atoms with Gasteiger partial charge in [-0.15, -0.1) is 0 Å². The van der Waals surface area contributed by atoms with Crippen molar-refractivity contribution in [2.45, 2.75) is 20.8 Å². The topological polar surface area (TPSA) is 82.2 Å². The van der Waals surface area contributed by atoms with Crippen molar-refractivity contribution < 1.29 is 14.7 Å². The second kappa shape index (κ2) is 5.73. The van der Waals surface area contributed by atoms with Gasteiger partial charge in [0.05, 0.1) is 11.3 Å². The molecule has 0 atom stereocenters. The molecule has 1 amide bonds. The van der Waals surface area contributed by atoms with E-state index < -0.39 is 5.97 Å². The highest BCUT2D eigenvalue weighted by molar-refractivity contribution is 9.10. The van der Waals surface area contributed by atoms with E-state index in [4.69, 9.17) is 5.11 Å². The Kier molecular flexibility index (Phi) is 4.18. The Balaban J connectivity index is 2.35. The van der Waals surface area contributed by atoms with Crippen molar-refractivity contribution in [3.63, 3.8) is 0 Å². The normalized spacial score (nSPS) is 10.5. The smallest absolute Gasteiger partial charge is 0.352 e. The minimum Gasteiger partial charge on any atom is -0.477 e. The van der Waals surface area contributed by atoms with Crippen LogP contribution in [0.25, 0.3) is 0 Å². The number of carboxylic acids is 1. The molecule has 0 aliphatic rings. The number of rotatable bonds is 3. The van der Waals surface area contributed by atoms with Gasteiger partial charge in [-0.05, 0) is 60.0 Å². The van der Waals surface area contributed by atoms with Gasteiger partial charge in [0.15, 0.2) is 0 Å². The third-order valence-electron chi connectivity index (χ3n) is 3.25. The molecule has 0 radical (unpaired) electrons. The summed E-state index contributed by atoms with van der Waals surface area (Å²) in [5, 5.41) is 11.9. The molecule has 3 N–H and O–H groups in total. The van der Waals surface area contributed by atoms with Crippen LogP contribution >= 0.6 is 15.9 Å². The summed E-state index contributed by atoms with van der Waals surface area (Å²) in [7, 11) is 0. The first-order valence-corrected chi connectivity index (χ1v) is 7.10. The van der Waals surface area contributed by atoms with Crippen molar-refractivity contribution >= 4 is 33.5 Å². The molecule has 0 unspecified atom stereocenters. The van der Waals surface area contributed by atoms with E-state index in [9.17, 15) is 9.59 Å². The fourth-order valence-electron chi connectivity index (χ4n) is 2.21. The Morgan fingerprint density at radius 2 is 1.90 bits per heavy atom. The molecule has 0 saturated carbocycles. The molecule has 0 aliphatic heterocycles. The molecule has 1 aromatic heterocycles. The number of halogens is 1. The Bertz CT molecular complexity index is 735. The molecule has 0 aliphatic carbocycles. The number of benzene rings is 1. The van der Waals surface area contributed by atoms with Gasteiger partial charge in [-0.3, -0.25) is 4.79 Å². The zero-order valence-electron chi connectivity index (χ0n) is 11.9.